The smallest absolute Gasteiger partial charge is 0.115 e. The summed E-state index contributed by atoms with van der Waals surface area (Å²) in [6.45, 7) is 4.23. The molecule has 5 atom stereocenters. The summed E-state index contributed by atoms with van der Waals surface area (Å²) in [6, 6.07) is 7.47. The zero-order chi connectivity index (χ0) is 22.1. The van der Waals surface area contributed by atoms with Crippen LogP contribution in [0.4, 0.5) is 0 Å². The van der Waals surface area contributed by atoms with E-state index in [2.05, 4.69) is 26.0 Å². The molecular weight excluding hydrogens is 384 g/mol. The molecule has 0 aliphatic heterocycles. The van der Waals surface area contributed by atoms with Crippen molar-refractivity contribution in [3.05, 3.63) is 78.4 Å². The summed E-state index contributed by atoms with van der Waals surface area (Å²) in [6.07, 6.45) is 21.1. The van der Waals surface area contributed by atoms with Gasteiger partial charge in [0.05, 0.1) is 11.2 Å². The maximum Gasteiger partial charge on any atom is 0.115 e. The molecule has 0 heterocycles. The van der Waals surface area contributed by atoms with E-state index in [1.54, 1.807) is 12.1 Å². The maximum atomic E-state index is 12.4. The van der Waals surface area contributed by atoms with Gasteiger partial charge in [0.1, 0.15) is 5.75 Å². The van der Waals surface area contributed by atoms with Crippen LogP contribution in [-0.2, 0) is 0 Å². The fourth-order valence-electron chi connectivity index (χ4n) is 6.62. The minimum absolute atomic E-state index is 0.0445. The van der Waals surface area contributed by atoms with Crippen LogP contribution in [0, 0.1) is 17.3 Å². The number of hydrogen-bond donors (Lipinski definition) is 3. The zero-order valence-corrected chi connectivity index (χ0v) is 18.7. The lowest BCUT2D eigenvalue weighted by Crippen LogP contribution is -2.67. The van der Waals surface area contributed by atoms with Crippen LogP contribution >= 0.6 is 0 Å². The van der Waals surface area contributed by atoms with Gasteiger partial charge in [-0.05, 0) is 55.7 Å². The van der Waals surface area contributed by atoms with Crippen molar-refractivity contribution < 1.29 is 15.3 Å². The lowest BCUT2D eigenvalue weighted by molar-refractivity contribution is -0.204. The average molecular weight is 421 g/mol. The van der Waals surface area contributed by atoms with Crippen molar-refractivity contribution >= 4 is 0 Å². The van der Waals surface area contributed by atoms with Gasteiger partial charge in [-0.3, -0.25) is 0 Å². The number of phenols is 1. The number of hydrogen-bond acceptors (Lipinski definition) is 3. The molecule has 1 aromatic carbocycles. The molecular formula is C28H36O3. The molecule has 0 radical (unpaired) electrons. The van der Waals surface area contributed by atoms with Crippen molar-refractivity contribution in [3.8, 4) is 5.75 Å². The molecule has 4 rings (SSSR count). The quantitative estimate of drug-likeness (QED) is 0.564. The highest BCUT2D eigenvalue weighted by Gasteiger charge is 2.65. The predicted molar refractivity (Wildman–Crippen MR) is 126 cm³/mol. The molecule has 1 aromatic rings. The Hall–Kier alpha value is -2.10. The molecule has 0 saturated heterocycles. The van der Waals surface area contributed by atoms with E-state index < -0.39 is 16.6 Å². The van der Waals surface area contributed by atoms with E-state index in [1.165, 1.54) is 5.56 Å². The van der Waals surface area contributed by atoms with E-state index in [0.717, 1.165) is 32.1 Å². The summed E-state index contributed by atoms with van der Waals surface area (Å²) in [5.41, 5.74) is -1.82. The summed E-state index contributed by atoms with van der Waals surface area (Å²) in [4.78, 5) is 0. The Morgan fingerprint density at radius 1 is 0.839 bits per heavy atom. The molecule has 0 spiro atoms. The summed E-state index contributed by atoms with van der Waals surface area (Å²) in [7, 11) is 0. The minimum atomic E-state index is -1.14. The summed E-state index contributed by atoms with van der Waals surface area (Å²) >= 11 is 0. The lowest BCUT2D eigenvalue weighted by atomic mass is 9.46. The zero-order valence-electron chi connectivity index (χ0n) is 18.7. The monoisotopic (exact) mass is 420 g/mol. The Morgan fingerprint density at radius 2 is 1.39 bits per heavy atom. The van der Waals surface area contributed by atoms with Crippen LogP contribution in [-0.4, -0.2) is 26.5 Å². The molecule has 3 nitrogen and oxygen atoms in total. The molecule has 3 heteroatoms. The number of allylic oxidation sites excluding steroid dienone is 4. The Morgan fingerprint density at radius 3 is 1.90 bits per heavy atom. The molecule has 0 bridgehead atoms. The third-order valence-electron chi connectivity index (χ3n) is 8.27. The molecule has 5 unspecified atom stereocenters. The highest BCUT2D eigenvalue weighted by Crippen LogP contribution is 2.62. The molecule has 0 amide bonds. The van der Waals surface area contributed by atoms with Crippen LogP contribution < -0.4 is 0 Å². The van der Waals surface area contributed by atoms with E-state index in [0.29, 0.717) is 6.42 Å². The van der Waals surface area contributed by atoms with Crippen molar-refractivity contribution in [2.75, 3.05) is 0 Å². The fraction of sp³-hybridized carbons (Fsp3) is 0.500. The Bertz CT molecular complexity index is 851. The van der Waals surface area contributed by atoms with E-state index in [-0.39, 0.29) is 23.5 Å². The van der Waals surface area contributed by atoms with Gasteiger partial charge in [-0.15, -0.1) is 0 Å². The van der Waals surface area contributed by atoms with Crippen molar-refractivity contribution in [2.45, 2.75) is 69.5 Å². The molecule has 3 aliphatic carbocycles. The first-order valence-corrected chi connectivity index (χ1v) is 11.9. The minimum Gasteiger partial charge on any atom is -0.508 e. The van der Waals surface area contributed by atoms with Gasteiger partial charge in [0, 0.05) is 17.3 Å². The van der Waals surface area contributed by atoms with Gasteiger partial charge in [0.25, 0.3) is 0 Å². The normalized spacial score (nSPS) is 39.7. The van der Waals surface area contributed by atoms with Crippen molar-refractivity contribution in [1.82, 2.24) is 0 Å². The Labute approximate surface area is 186 Å². The standard InChI is InChI=1S/C28H36O3/c1-3-23-11-5-7-18-27(23,30)26(28(31)19-8-6-12-24(28)4-2)17-9-10-22(20-26)21-13-15-25(29)16-14-21/h5-8,11-16,18-19,22-24,29-31H,3-4,9-10,17,20H2,1-2H3. The van der Waals surface area contributed by atoms with Gasteiger partial charge < -0.3 is 15.3 Å². The molecule has 1 fully saturated rings. The summed E-state index contributed by atoms with van der Waals surface area (Å²) < 4.78 is 0. The second-order valence-electron chi connectivity index (χ2n) is 9.64. The third-order valence-corrected chi connectivity index (χ3v) is 8.27. The molecule has 3 aliphatic rings. The molecule has 1 saturated carbocycles. The molecule has 31 heavy (non-hydrogen) atoms. The van der Waals surface area contributed by atoms with E-state index in [1.807, 2.05) is 48.6 Å². The second kappa shape index (κ2) is 8.44. The van der Waals surface area contributed by atoms with Gasteiger partial charge in [-0.1, -0.05) is 81.0 Å². The van der Waals surface area contributed by atoms with Crippen LogP contribution in [0.5, 0.6) is 5.75 Å². The largest absolute Gasteiger partial charge is 0.508 e. The Kier molecular flexibility index (Phi) is 6.02. The SMILES string of the molecule is CCC1C=CC=CC1(O)C1(C2(O)C=CC=CC2CC)CCCC(c2ccc(O)cc2)C1. The maximum absolute atomic E-state index is 12.4. The van der Waals surface area contributed by atoms with Crippen LogP contribution in [0.2, 0.25) is 0 Å². The van der Waals surface area contributed by atoms with Crippen LogP contribution in [0.25, 0.3) is 0 Å². The second-order valence-corrected chi connectivity index (χ2v) is 9.64. The van der Waals surface area contributed by atoms with Gasteiger partial charge >= 0.3 is 0 Å². The van der Waals surface area contributed by atoms with Crippen molar-refractivity contribution in [1.29, 1.82) is 0 Å². The fourth-order valence-corrected chi connectivity index (χ4v) is 6.62. The number of aromatic hydroxyl groups is 1. The third kappa shape index (κ3) is 3.43. The summed E-state index contributed by atoms with van der Waals surface area (Å²) in [5, 5.41) is 34.7. The van der Waals surface area contributed by atoms with Gasteiger partial charge in [0.2, 0.25) is 0 Å². The van der Waals surface area contributed by atoms with Crippen LogP contribution in [0.15, 0.2) is 72.9 Å². The highest BCUT2D eigenvalue weighted by atomic mass is 16.3. The summed E-state index contributed by atoms with van der Waals surface area (Å²) in [5.74, 6) is 0.394. The lowest BCUT2D eigenvalue weighted by Gasteiger charge is -2.61. The van der Waals surface area contributed by atoms with Gasteiger partial charge in [-0.25, -0.2) is 0 Å². The Balaban J connectivity index is 1.86. The van der Waals surface area contributed by atoms with Crippen molar-refractivity contribution in [2.24, 2.45) is 17.3 Å². The molecule has 0 aromatic heterocycles. The number of phenolic OH excluding ortho intramolecular Hbond substituents is 1. The molecule has 166 valence electrons. The van der Waals surface area contributed by atoms with Gasteiger partial charge in [-0.2, -0.15) is 0 Å². The van der Waals surface area contributed by atoms with E-state index >= 15 is 0 Å². The number of benzene rings is 1. The van der Waals surface area contributed by atoms with Crippen LogP contribution in [0.3, 0.4) is 0 Å². The van der Waals surface area contributed by atoms with E-state index in [4.69, 9.17) is 0 Å². The average Bonchev–Trinajstić information content (AvgIpc) is 2.80. The highest BCUT2D eigenvalue weighted by molar-refractivity contribution is 5.37. The topological polar surface area (TPSA) is 60.7 Å². The van der Waals surface area contributed by atoms with Crippen LogP contribution in [0.1, 0.15) is 63.9 Å². The first-order chi connectivity index (χ1) is 14.9. The van der Waals surface area contributed by atoms with Gasteiger partial charge in [0.15, 0.2) is 0 Å². The predicted octanol–water partition coefficient (Wildman–Crippen LogP) is 5.80. The first-order valence-electron chi connectivity index (χ1n) is 11.9. The molecule has 3 N–H and O–H groups in total. The van der Waals surface area contributed by atoms with E-state index in [9.17, 15) is 15.3 Å². The number of rotatable bonds is 5. The van der Waals surface area contributed by atoms with Crippen molar-refractivity contribution in [3.63, 3.8) is 0 Å². The number of aliphatic hydroxyl groups is 2. The first kappa shape index (κ1) is 22.1.